The molecule has 1 N–H and O–H groups in total. The van der Waals surface area contributed by atoms with Gasteiger partial charge < -0.3 is 9.47 Å². The summed E-state index contributed by atoms with van der Waals surface area (Å²) in [5.74, 6) is -0.467. The smallest absolute Gasteiger partial charge is 0.360 e. The number of aryl methyl sites for hydroxylation is 1. The van der Waals surface area contributed by atoms with Crippen LogP contribution in [0.25, 0.3) is 0 Å². The third-order valence-electron chi connectivity index (χ3n) is 2.49. The van der Waals surface area contributed by atoms with Crippen LogP contribution in [0.1, 0.15) is 37.0 Å². The highest BCUT2D eigenvalue weighted by atomic mass is 35.7. The van der Waals surface area contributed by atoms with Crippen LogP contribution in [-0.4, -0.2) is 44.4 Å². The van der Waals surface area contributed by atoms with Crippen LogP contribution in [0.5, 0.6) is 0 Å². The maximum absolute atomic E-state index is 11.9. The van der Waals surface area contributed by atoms with Crippen LogP contribution in [0.2, 0.25) is 0 Å². The second-order valence-corrected chi connectivity index (χ2v) is 7.28. The number of hydrogen-bond acceptors (Lipinski definition) is 6. The molecule has 1 aromatic rings. The lowest BCUT2D eigenvalue weighted by atomic mass is 10.2. The van der Waals surface area contributed by atoms with Crippen LogP contribution in [0.4, 0.5) is 0 Å². The summed E-state index contributed by atoms with van der Waals surface area (Å²) in [7, 11) is 1.25. The number of aromatic nitrogens is 2. The number of esters is 1. The van der Waals surface area contributed by atoms with Gasteiger partial charge in [0.25, 0.3) is 9.05 Å². The number of nitrogens with zero attached hydrogens (tertiary/aromatic N) is 1. The second-order valence-electron chi connectivity index (χ2n) is 4.78. The van der Waals surface area contributed by atoms with E-state index in [1.165, 1.54) is 0 Å². The Kier molecular flexibility index (Phi) is 6.63. The van der Waals surface area contributed by atoms with Crippen LogP contribution < -0.4 is 0 Å². The molecule has 0 spiro atoms. The monoisotopic (exact) mass is 338 g/mol. The van der Waals surface area contributed by atoms with E-state index in [2.05, 4.69) is 10.2 Å². The van der Waals surface area contributed by atoms with E-state index in [0.29, 0.717) is 18.9 Å². The lowest BCUT2D eigenvalue weighted by Crippen LogP contribution is -2.15. The molecule has 0 aromatic carbocycles. The number of rotatable bonds is 8. The van der Waals surface area contributed by atoms with Crippen molar-refractivity contribution in [3.8, 4) is 0 Å². The highest BCUT2D eigenvalue weighted by molar-refractivity contribution is 8.13. The number of halogens is 1. The molecule has 0 amide bonds. The van der Waals surface area contributed by atoms with Gasteiger partial charge in [0, 0.05) is 17.3 Å². The molecule has 0 aliphatic heterocycles. The minimum absolute atomic E-state index is 0.0155. The van der Waals surface area contributed by atoms with Gasteiger partial charge in [0.1, 0.15) is 11.5 Å². The first kappa shape index (κ1) is 17.9. The molecule has 0 fully saturated rings. The van der Waals surface area contributed by atoms with E-state index in [4.69, 9.17) is 20.2 Å². The number of carbonyl (C=O) groups excluding carboxylic acids is 1. The molecule has 0 saturated heterocycles. The molecule has 0 aliphatic carbocycles. The average Bonchev–Trinajstić information content (AvgIpc) is 2.81. The summed E-state index contributed by atoms with van der Waals surface area (Å²) in [4.78, 5) is 11.5. The molecule has 1 heterocycles. The zero-order valence-corrected chi connectivity index (χ0v) is 13.8. The summed E-state index contributed by atoms with van der Waals surface area (Å²) in [6.45, 7) is 6.52. The summed E-state index contributed by atoms with van der Waals surface area (Å²) < 4.78 is 33.2. The summed E-state index contributed by atoms with van der Waals surface area (Å²) in [6.07, 6.45) is 0.346. The van der Waals surface area contributed by atoms with Gasteiger partial charge >= 0.3 is 5.97 Å². The van der Waals surface area contributed by atoms with Crippen molar-refractivity contribution in [2.24, 2.45) is 5.92 Å². The molecule has 7 nitrogen and oxygen atoms in total. The van der Waals surface area contributed by atoms with Crippen LogP contribution in [0, 0.1) is 5.92 Å². The normalized spacial score (nSPS) is 11.9. The number of nitrogens with one attached hydrogen (secondary N) is 1. The zero-order valence-electron chi connectivity index (χ0n) is 12.2. The summed E-state index contributed by atoms with van der Waals surface area (Å²) in [6, 6.07) is 0. The zero-order chi connectivity index (χ0) is 16.0. The second kappa shape index (κ2) is 7.77. The van der Waals surface area contributed by atoms with E-state index >= 15 is 0 Å². The minimum Gasteiger partial charge on any atom is -0.458 e. The van der Waals surface area contributed by atoms with E-state index < -0.39 is 15.0 Å². The van der Waals surface area contributed by atoms with Crippen molar-refractivity contribution in [3.05, 3.63) is 11.4 Å². The maximum Gasteiger partial charge on any atom is 0.360 e. The van der Waals surface area contributed by atoms with Crippen molar-refractivity contribution in [2.75, 3.05) is 19.8 Å². The Morgan fingerprint density at radius 3 is 2.57 bits per heavy atom. The lowest BCUT2D eigenvalue weighted by Gasteiger charge is -2.07. The molecule has 0 saturated carbocycles. The van der Waals surface area contributed by atoms with Crippen LogP contribution in [0.3, 0.4) is 0 Å². The molecular weight excluding hydrogens is 320 g/mol. The van der Waals surface area contributed by atoms with Crippen molar-refractivity contribution in [3.63, 3.8) is 0 Å². The van der Waals surface area contributed by atoms with Gasteiger partial charge in [-0.25, -0.2) is 13.2 Å². The summed E-state index contributed by atoms with van der Waals surface area (Å²) in [5.41, 5.74) is -0.0567. The molecule has 0 atom stereocenters. The summed E-state index contributed by atoms with van der Waals surface area (Å²) >= 11 is 0. The predicted molar refractivity (Wildman–Crippen MR) is 76.9 cm³/mol. The Bertz CT molecular complexity index is 582. The number of ether oxygens (including phenoxy) is 2. The van der Waals surface area contributed by atoms with Crippen molar-refractivity contribution >= 4 is 25.7 Å². The molecular formula is C12H19ClN2O5S. The maximum atomic E-state index is 11.9. The van der Waals surface area contributed by atoms with Crippen LogP contribution in [-0.2, 0) is 24.9 Å². The van der Waals surface area contributed by atoms with E-state index in [-0.39, 0.29) is 29.5 Å². The fraction of sp³-hybridized carbons (Fsp3) is 0.667. The third kappa shape index (κ3) is 5.29. The van der Waals surface area contributed by atoms with E-state index in [1.807, 2.05) is 13.8 Å². The number of H-pyrrole nitrogens is 1. The first-order valence-electron chi connectivity index (χ1n) is 6.54. The standard InChI is InChI=1S/C12H19ClN2O5S/c1-4-9-11(21(13,17)18)10(15-14-9)12(16)20-6-5-19-7-8(2)3/h8H,4-7H2,1-3H3,(H,14,15). The molecule has 0 aliphatic rings. The number of hydrogen-bond donors (Lipinski definition) is 1. The van der Waals surface area contributed by atoms with E-state index in [9.17, 15) is 13.2 Å². The molecule has 9 heteroatoms. The average molecular weight is 339 g/mol. The highest BCUT2D eigenvalue weighted by Gasteiger charge is 2.28. The van der Waals surface area contributed by atoms with Crippen molar-refractivity contribution < 1.29 is 22.7 Å². The number of carbonyl (C=O) groups is 1. The Morgan fingerprint density at radius 1 is 1.38 bits per heavy atom. The predicted octanol–water partition coefficient (Wildman–Crippen LogP) is 1.73. The first-order valence-corrected chi connectivity index (χ1v) is 8.85. The Hall–Kier alpha value is -1.12. The highest BCUT2D eigenvalue weighted by Crippen LogP contribution is 2.23. The molecule has 1 aromatic heterocycles. The fourth-order valence-electron chi connectivity index (χ4n) is 1.59. The lowest BCUT2D eigenvalue weighted by molar-refractivity contribution is 0.0269. The topological polar surface area (TPSA) is 98.3 Å². The summed E-state index contributed by atoms with van der Waals surface area (Å²) in [5, 5.41) is 6.16. The van der Waals surface area contributed by atoms with E-state index in [0.717, 1.165) is 0 Å². The molecule has 0 unspecified atom stereocenters. The van der Waals surface area contributed by atoms with Gasteiger partial charge in [-0.05, 0) is 12.3 Å². The van der Waals surface area contributed by atoms with Crippen molar-refractivity contribution in [1.82, 2.24) is 10.2 Å². The Labute approximate surface area is 128 Å². The van der Waals surface area contributed by atoms with Gasteiger partial charge in [-0.3, -0.25) is 5.10 Å². The molecule has 1 rings (SSSR count). The van der Waals surface area contributed by atoms with E-state index in [1.54, 1.807) is 6.92 Å². The molecule has 21 heavy (non-hydrogen) atoms. The van der Waals surface area contributed by atoms with Crippen LogP contribution >= 0.6 is 10.7 Å². The first-order chi connectivity index (χ1) is 9.77. The minimum atomic E-state index is -4.08. The largest absolute Gasteiger partial charge is 0.458 e. The van der Waals surface area contributed by atoms with Crippen LogP contribution in [0.15, 0.2) is 4.90 Å². The molecule has 0 bridgehead atoms. The van der Waals surface area contributed by atoms with Gasteiger partial charge in [0.15, 0.2) is 5.69 Å². The Morgan fingerprint density at radius 2 is 2.05 bits per heavy atom. The molecule has 120 valence electrons. The third-order valence-corrected chi connectivity index (χ3v) is 3.88. The van der Waals surface area contributed by atoms with Gasteiger partial charge in [0.2, 0.25) is 0 Å². The van der Waals surface area contributed by atoms with Crippen molar-refractivity contribution in [2.45, 2.75) is 32.1 Å². The Balaban J connectivity index is 2.69. The SMILES string of the molecule is CCc1[nH]nc(C(=O)OCCOCC(C)C)c1S(=O)(=O)Cl. The molecule has 0 radical (unpaired) electrons. The van der Waals surface area contributed by atoms with Gasteiger partial charge in [-0.2, -0.15) is 5.10 Å². The van der Waals surface area contributed by atoms with Gasteiger partial charge in [0.05, 0.1) is 12.3 Å². The fourth-order valence-corrected chi connectivity index (χ4v) is 2.93. The van der Waals surface area contributed by atoms with Gasteiger partial charge in [-0.15, -0.1) is 0 Å². The van der Waals surface area contributed by atoms with Gasteiger partial charge in [-0.1, -0.05) is 20.8 Å². The van der Waals surface area contributed by atoms with Crippen molar-refractivity contribution in [1.29, 1.82) is 0 Å². The number of aromatic amines is 1. The quantitative estimate of drug-likeness (QED) is 0.440.